The molecule has 0 atom stereocenters. The van der Waals surface area contributed by atoms with E-state index in [4.69, 9.17) is 16.3 Å². The Morgan fingerprint density at radius 1 is 0.812 bits per heavy atom. The highest BCUT2D eigenvalue weighted by Crippen LogP contribution is 2.22. The van der Waals surface area contributed by atoms with Crippen LogP contribution in [0.15, 0.2) is 95.9 Å². The molecule has 5 nitrogen and oxygen atoms in total. The molecular weight excluding hydrogens is 444 g/mol. The van der Waals surface area contributed by atoms with Crippen LogP contribution in [0, 0.1) is 0 Å². The van der Waals surface area contributed by atoms with Gasteiger partial charge in [-0.1, -0.05) is 60.1 Å². The lowest BCUT2D eigenvalue weighted by Crippen LogP contribution is -2.20. The molecule has 0 spiro atoms. The summed E-state index contributed by atoms with van der Waals surface area (Å²) in [6.07, 6.45) is 0. The van der Waals surface area contributed by atoms with Gasteiger partial charge in [0.15, 0.2) is 0 Å². The van der Waals surface area contributed by atoms with Crippen molar-refractivity contribution in [2.45, 2.75) is 11.4 Å². The van der Waals surface area contributed by atoms with Crippen LogP contribution >= 0.6 is 11.6 Å². The maximum atomic E-state index is 12.9. The van der Waals surface area contributed by atoms with Crippen LogP contribution in [0.3, 0.4) is 0 Å². The van der Waals surface area contributed by atoms with Crippen molar-refractivity contribution in [1.82, 2.24) is 5.32 Å². The second-order valence-corrected chi connectivity index (χ2v) is 9.42. The van der Waals surface area contributed by atoms with E-state index in [1.807, 2.05) is 60.7 Å². The summed E-state index contributed by atoms with van der Waals surface area (Å²) in [6, 6.07) is 27.4. The highest BCUT2D eigenvalue weighted by molar-refractivity contribution is 7.92. The number of rotatable bonds is 9. The number of hydrogen-bond donors (Lipinski definition) is 2. The molecule has 0 unspecified atom stereocenters. The molecule has 4 aromatic rings. The first-order valence-corrected chi connectivity index (χ1v) is 12.1. The Morgan fingerprint density at radius 2 is 1.62 bits per heavy atom. The molecule has 0 fully saturated rings. The standard InChI is InChI=1S/C25H23ClN2O3S/c26-22-8-4-10-24(17-22)31-14-13-27-18-19-5-3-9-23(15-19)28-32(29,30)25-12-11-20-6-1-2-7-21(20)16-25/h1-12,15-17,27-28H,13-14,18H2. The van der Waals surface area contributed by atoms with Crippen LogP contribution in [-0.2, 0) is 16.6 Å². The van der Waals surface area contributed by atoms with Crippen molar-refractivity contribution in [3.05, 3.63) is 102 Å². The van der Waals surface area contributed by atoms with Gasteiger partial charge < -0.3 is 10.1 Å². The van der Waals surface area contributed by atoms with Gasteiger partial charge in [0.25, 0.3) is 10.0 Å². The van der Waals surface area contributed by atoms with E-state index in [-0.39, 0.29) is 4.90 Å². The Morgan fingerprint density at radius 3 is 2.47 bits per heavy atom. The molecule has 0 heterocycles. The fourth-order valence-corrected chi connectivity index (χ4v) is 4.59. The van der Waals surface area contributed by atoms with Gasteiger partial charge in [0.05, 0.1) is 4.90 Å². The molecule has 2 N–H and O–H groups in total. The lowest BCUT2D eigenvalue weighted by Gasteiger charge is -2.11. The van der Waals surface area contributed by atoms with Crippen molar-refractivity contribution < 1.29 is 13.2 Å². The van der Waals surface area contributed by atoms with E-state index in [9.17, 15) is 8.42 Å². The zero-order chi connectivity index (χ0) is 22.4. The van der Waals surface area contributed by atoms with Crippen LogP contribution < -0.4 is 14.8 Å². The SMILES string of the molecule is O=S(=O)(Nc1cccc(CNCCOc2cccc(Cl)c2)c1)c1ccc2ccccc2c1. The first kappa shape index (κ1) is 22.1. The Balaban J connectivity index is 1.33. The molecule has 4 aromatic carbocycles. The Kier molecular flexibility index (Phi) is 6.95. The third-order valence-corrected chi connectivity index (χ3v) is 6.50. The van der Waals surface area contributed by atoms with E-state index in [2.05, 4.69) is 10.0 Å². The molecule has 164 valence electrons. The molecule has 0 bridgehead atoms. The lowest BCUT2D eigenvalue weighted by atomic mass is 10.1. The van der Waals surface area contributed by atoms with Gasteiger partial charge >= 0.3 is 0 Å². The largest absolute Gasteiger partial charge is 0.492 e. The maximum absolute atomic E-state index is 12.9. The summed E-state index contributed by atoms with van der Waals surface area (Å²) in [7, 11) is -3.69. The number of nitrogens with one attached hydrogen (secondary N) is 2. The molecule has 0 aliphatic heterocycles. The first-order chi connectivity index (χ1) is 15.5. The summed E-state index contributed by atoms with van der Waals surface area (Å²) in [5.41, 5.74) is 1.49. The third-order valence-electron chi connectivity index (χ3n) is 4.88. The fraction of sp³-hybridized carbons (Fsp3) is 0.120. The zero-order valence-corrected chi connectivity index (χ0v) is 18.9. The molecule has 0 aliphatic rings. The molecule has 0 radical (unpaired) electrons. The molecule has 0 saturated carbocycles. The normalized spacial score (nSPS) is 11.4. The molecule has 0 saturated heterocycles. The molecule has 7 heteroatoms. The predicted octanol–water partition coefficient (Wildman–Crippen LogP) is 5.46. The first-order valence-electron chi connectivity index (χ1n) is 10.2. The van der Waals surface area contributed by atoms with Crippen molar-refractivity contribution in [2.75, 3.05) is 17.9 Å². The number of anilines is 1. The van der Waals surface area contributed by atoms with Gasteiger partial charge in [-0.15, -0.1) is 0 Å². The summed E-state index contributed by atoms with van der Waals surface area (Å²) in [6.45, 7) is 1.72. The monoisotopic (exact) mass is 466 g/mol. The van der Waals surface area contributed by atoms with E-state index >= 15 is 0 Å². The summed E-state index contributed by atoms with van der Waals surface area (Å²) in [4.78, 5) is 0.234. The van der Waals surface area contributed by atoms with Gasteiger partial charge in [-0.3, -0.25) is 4.72 Å². The minimum atomic E-state index is -3.69. The summed E-state index contributed by atoms with van der Waals surface area (Å²) >= 11 is 5.95. The summed E-state index contributed by atoms with van der Waals surface area (Å²) < 4.78 is 34.1. The number of halogens is 1. The van der Waals surface area contributed by atoms with Crippen LogP contribution in [-0.4, -0.2) is 21.6 Å². The van der Waals surface area contributed by atoms with E-state index in [1.165, 1.54) is 0 Å². The van der Waals surface area contributed by atoms with Gasteiger partial charge in [-0.25, -0.2) is 8.42 Å². The number of fused-ring (bicyclic) bond motifs is 1. The maximum Gasteiger partial charge on any atom is 0.261 e. The van der Waals surface area contributed by atoms with E-state index in [0.717, 1.165) is 22.1 Å². The minimum Gasteiger partial charge on any atom is -0.492 e. The Bertz CT molecular complexity index is 1330. The number of ether oxygens (including phenoxy) is 1. The Hall–Kier alpha value is -3.06. The molecular formula is C25H23ClN2O3S. The van der Waals surface area contributed by atoms with Crippen LogP contribution in [0.5, 0.6) is 5.75 Å². The average Bonchev–Trinajstić information content (AvgIpc) is 2.78. The molecule has 0 aliphatic carbocycles. The Labute approximate surface area is 193 Å². The minimum absolute atomic E-state index is 0.234. The second-order valence-electron chi connectivity index (χ2n) is 7.30. The van der Waals surface area contributed by atoms with Gasteiger partial charge in [0, 0.05) is 23.8 Å². The fourth-order valence-electron chi connectivity index (χ4n) is 3.32. The number of sulfonamides is 1. The number of hydrogen-bond acceptors (Lipinski definition) is 4. The third kappa shape index (κ3) is 5.79. The van der Waals surface area contributed by atoms with E-state index < -0.39 is 10.0 Å². The van der Waals surface area contributed by atoms with Crippen molar-refractivity contribution in [3.8, 4) is 5.75 Å². The van der Waals surface area contributed by atoms with E-state index in [0.29, 0.717) is 30.4 Å². The van der Waals surface area contributed by atoms with Crippen LogP contribution in [0.25, 0.3) is 10.8 Å². The predicted molar refractivity (Wildman–Crippen MR) is 130 cm³/mol. The van der Waals surface area contributed by atoms with Gasteiger partial charge in [-0.05, 0) is 58.8 Å². The molecule has 4 rings (SSSR count). The highest BCUT2D eigenvalue weighted by Gasteiger charge is 2.15. The van der Waals surface area contributed by atoms with E-state index in [1.54, 1.807) is 30.3 Å². The smallest absolute Gasteiger partial charge is 0.261 e. The van der Waals surface area contributed by atoms with Gasteiger partial charge in [-0.2, -0.15) is 0 Å². The quantitative estimate of drug-likeness (QED) is 0.321. The van der Waals surface area contributed by atoms with Gasteiger partial charge in [0.2, 0.25) is 0 Å². The molecule has 0 amide bonds. The van der Waals surface area contributed by atoms with Crippen molar-refractivity contribution in [3.63, 3.8) is 0 Å². The average molecular weight is 467 g/mol. The molecule has 0 aromatic heterocycles. The number of benzene rings is 4. The van der Waals surface area contributed by atoms with Crippen LogP contribution in [0.1, 0.15) is 5.56 Å². The summed E-state index contributed by atoms with van der Waals surface area (Å²) in [5, 5.41) is 5.81. The van der Waals surface area contributed by atoms with Crippen LogP contribution in [0.4, 0.5) is 5.69 Å². The van der Waals surface area contributed by atoms with Gasteiger partial charge in [0.1, 0.15) is 12.4 Å². The zero-order valence-electron chi connectivity index (χ0n) is 17.3. The topological polar surface area (TPSA) is 67.4 Å². The lowest BCUT2D eigenvalue weighted by molar-refractivity contribution is 0.313. The van der Waals surface area contributed by atoms with Crippen molar-refractivity contribution in [1.29, 1.82) is 0 Å². The summed E-state index contributed by atoms with van der Waals surface area (Å²) in [5.74, 6) is 0.726. The van der Waals surface area contributed by atoms with Crippen LogP contribution in [0.2, 0.25) is 5.02 Å². The molecule has 32 heavy (non-hydrogen) atoms. The van der Waals surface area contributed by atoms with Crippen molar-refractivity contribution >= 4 is 38.1 Å². The van der Waals surface area contributed by atoms with Crippen molar-refractivity contribution in [2.24, 2.45) is 0 Å². The highest BCUT2D eigenvalue weighted by atomic mass is 35.5. The second kappa shape index (κ2) is 10.0.